The Bertz CT molecular complexity index is 546. The summed E-state index contributed by atoms with van der Waals surface area (Å²) in [6.07, 6.45) is 36.8. The highest BCUT2D eigenvalue weighted by atomic mass is 16.3. The van der Waals surface area contributed by atoms with E-state index in [1.54, 1.807) is 6.08 Å². The zero-order valence-corrected chi connectivity index (χ0v) is 25.4. The molecule has 0 radical (unpaired) electrons. The van der Waals surface area contributed by atoms with Crippen molar-refractivity contribution in [2.45, 2.75) is 180 Å². The molecule has 0 aromatic carbocycles. The number of nitrogens with one attached hydrogen (secondary N) is 1. The van der Waals surface area contributed by atoms with Crippen LogP contribution in [0.4, 0.5) is 0 Å². The topological polar surface area (TPSA) is 69.6 Å². The van der Waals surface area contributed by atoms with Gasteiger partial charge in [-0.2, -0.15) is 0 Å². The van der Waals surface area contributed by atoms with E-state index in [-0.39, 0.29) is 12.5 Å². The first kappa shape index (κ1) is 36.9. The Balaban J connectivity index is 3.71. The van der Waals surface area contributed by atoms with Gasteiger partial charge in [0.05, 0.1) is 18.8 Å². The molecule has 0 aliphatic heterocycles. The molecule has 2 unspecified atom stereocenters. The molecule has 0 aliphatic rings. The van der Waals surface area contributed by atoms with Gasteiger partial charge in [-0.15, -0.1) is 0 Å². The van der Waals surface area contributed by atoms with Crippen molar-refractivity contribution in [1.29, 1.82) is 0 Å². The van der Waals surface area contributed by atoms with Crippen LogP contribution in [-0.4, -0.2) is 34.9 Å². The van der Waals surface area contributed by atoms with E-state index in [0.717, 1.165) is 32.1 Å². The van der Waals surface area contributed by atoms with Gasteiger partial charge in [-0.05, 0) is 32.1 Å². The van der Waals surface area contributed by atoms with E-state index in [1.165, 1.54) is 116 Å². The van der Waals surface area contributed by atoms with Crippen molar-refractivity contribution >= 4 is 5.91 Å². The summed E-state index contributed by atoms with van der Waals surface area (Å²) >= 11 is 0. The van der Waals surface area contributed by atoms with Crippen molar-refractivity contribution < 1.29 is 15.0 Å². The Kier molecular flexibility index (Phi) is 29.5. The molecule has 4 heteroatoms. The fourth-order valence-electron chi connectivity index (χ4n) is 4.84. The molecular formula is C34H65NO3. The van der Waals surface area contributed by atoms with Crippen molar-refractivity contribution in [2.24, 2.45) is 0 Å². The number of unbranched alkanes of at least 4 members (excludes halogenated alkanes) is 20. The largest absolute Gasteiger partial charge is 0.394 e. The summed E-state index contributed by atoms with van der Waals surface area (Å²) < 4.78 is 0. The molecule has 0 bridgehead atoms. The number of aliphatic hydroxyl groups excluding tert-OH is 2. The maximum Gasteiger partial charge on any atom is 0.220 e. The lowest BCUT2D eigenvalue weighted by Crippen LogP contribution is -2.45. The van der Waals surface area contributed by atoms with E-state index in [0.29, 0.717) is 6.42 Å². The van der Waals surface area contributed by atoms with Crippen LogP contribution in [0.25, 0.3) is 0 Å². The summed E-state index contributed by atoms with van der Waals surface area (Å²) in [6, 6.07) is -0.631. The molecule has 0 heterocycles. The molecular weight excluding hydrogens is 470 g/mol. The summed E-state index contributed by atoms with van der Waals surface area (Å²) in [4.78, 5) is 12.2. The third kappa shape index (κ3) is 26.5. The minimum atomic E-state index is -0.854. The number of rotatable bonds is 29. The van der Waals surface area contributed by atoms with Crippen molar-refractivity contribution in [2.75, 3.05) is 6.61 Å². The van der Waals surface area contributed by atoms with Gasteiger partial charge in [0, 0.05) is 6.42 Å². The zero-order chi connectivity index (χ0) is 27.9. The van der Waals surface area contributed by atoms with Gasteiger partial charge in [0.1, 0.15) is 0 Å². The average molecular weight is 536 g/mol. The first-order valence-electron chi connectivity index (χ1n) is 16.6. The smallest absolute Gasteiger partial charge is 0.220 e. The summed E-state index contributed by atoms with van der Waals surface area (Å²) in [6.45, 7) is 4.27. The van der Waals surface area contributed by atoms with Crippen LogP contribution in [0, 0.1) is 0 Å². The van der Waals surface area contributed by atoms with Gasteiger partial charge in [-0.1, -0.05) is 154 Å². The Morgan fingerprint density at radius 2 is 1.03 bits per heavy atom. The van der Waals surface area contributed by atoms with Gasteiger partial charge in [0.25, 0.3) is 0 Å². The average Bonchev–Trinajstić information content (AvgIpc) is 2.92. The molecule has 0 saturated carbocycles. The van der Waals surface area contributed by atoms with Crippen molar-refractivity contribution in [3.63, 3.8) is 0 Å². The van der Waals surface area contributed by atoms with E-state index in [1.807, 2.05) is 6.08 Å². The highest BCUT2D eigenvalue weighted by Gasteiger charge is 2.17. The van der Waals surface area contributed by atoms with Gasteiger partial charge in [0.2, 0.25) is 5.91 Å². The second-order valence-electron chi connectivity index (χ2n) is 11.2. The molecule has 0 spiro atoms. The van der Waals surface area contributed by atoms with E-state index in [9.17, 15) is 15.0 Å². The van der Waals surface area contributed by atoms with Crippen LogP contribution in [0.15, 0.2) is 24.3 Å². The summed E-state index contributed by atoms with van der Waals surface area (Å²) in [5, 5.41) is 22.8. The zero-order valence-electron chi connectivity index (χ0n) is 25.4. The molecule has 4 nitrogen and oxygen atoms in total. The molecule has 3 N–H and O–H groups in total. The molecule has 0 aliphatic carbocycles. The number of amides is 1. The second kappa shape index (κ2) is 30.4. The van der Waals surface area contributed by atoms with Crippen molar-refractivity contribution in [3.05, 3.63) is 24.3 Å². The molecule has 0 saturated heterocycles. The monoisotopic (exact) mass is 535 g/mol. The lowest BCUT2D eigenvalue weighted by Gasteiger charge is -2.19. The highest BCUT2D eigenvalue weighted by molar-refractivity contribution is 5.76. The van der Waals surface area contributed by atoms with Crippen molar-refractivity contribution in [3.8, 4) is 0 Å². The lowest BCUT2D eigenvalue weighted by atomic mass is 10.0. The molecule has 1 amide bonds. The van der Waals surface area contributed by atoms with Gasteiger partial charge < -0.3 is 15.5 Å². The van der Waals surface area contributed by atoms with Crippen LogP contribution in [0.1, 0.15) is 168 Å². The van der Waals surface area contributed by atoms with E-state index >= 15 is 0 Å². The van der Waals surface area contributed by atoms with Crippen LogP contribution >= 0.6 is 0 Å². The maximum absolute atomic E-state index is 12.2. The third-order valence-corrected chi connectivity index (χ3v) is 7.44. The predicted octanol–water partition coefficient (Wildman–Crippen LogP) is 9.34. The molecule has 2 atom stereocenters. The number of hydrogen-bond acceptors (Lipinski definition) is 3. The third-order valence-electron chi connectivity index (χ3n) is 7.44. The summed E-state index contributed by atoms with van der Waals surface area (Å²) in [5.41, 5.74) is 0. The van der Waals surface area contributed by atoms with Crippen LogP contribution < -0.4 is 5.32 Å². The van der Waals surface area contributed by atoms with Gasteiger partial charge in [-0.3, -0.25) is 4.79 Å². The van der Waals surface area contributed by atoms with Gasteiger partial charge >= 0.3 is 0 Å². The predicted molar refractivity (Wildman–Crippen MR) is 165 cm³/mol. The van der Waals surface area contributed by atoms with Crippen LogP contribution in [-0.2, 0) is 4.79 Å². The molecule has 0 aromatic rings. The number of carbonyl (C=O) groups is 1. The quantitative estimate of drug-likeness (QED) is 0.0660. The molecule has 0 rings (SSSR count). The Morgan fingerprint density at radius 1 is 0.605 bits per heavy atom. The highest BCUT2D eigenvalue weighted by Crippen LogP contribution is 2.13. The number of hydrogen-bond donors (Lipinski definition) is 3. The Labute approximate surface area is 237 Å². The van der Waals surface area contributed by atoms with E-state index in [2.05, 4.69) is 31.3 Å². The first-order valence-corrected chi connectivity index (χ1v) is 16.6. The van der Waals surface area contributed by atoms with Crippen LogP contribution in [0.3, 0.4) is 0 Å². The van der Waals surface area contributed by atoms with Crippen LogP contribution in [0.2, 0.25) is 0 Å². The number of allylic oxidation sites excluding steroid dienone is 3. The Hall–Kier alpha value is -1.13. The lowest BCUT2D eigenvalue weighted by molar-refractivity contribution is -0.123. The molecule has 38 heavy (non-hydrogen) atoms. The minimum Gasteiger partial charge on any atom is -0.394 e. The fraction of sp³-hybridized carbons (Fsp3) is 0.853. The molecule has 0 fully saturated rings. The molecule has 224 valence electrons. The Morgan fingerprint density at radius 3 is 1.53 bits per heavy atom. The molecule has 0 aromatic heterocycles. The second-order valence-corrected chi connectivity index (χ2v) is 11.2. The van der Waals surface area contributed by atoms with E-state index in [4.69, 9.17) is 0 Å². The normalized spacial score (nSPS) is 13.5. The van der Waals surface area contributed by atoms with Crippen molar-refractivity contribution in [1.82, 2.24) is 5.32 Å². The number of aliphatic hydroxyl groups is 2. The SMILES string of the molecule is CCCCCCCCCC/C=C/CC/C=C/C(O)C(CO)NC(=O)CCCCCCCCCCCCCC. The maximum atomic E-state index is 12.2. The summed E-state index contributed by atoms with van der Waals surface area (Å²) in [7, 11) is 0. The fourth-order valence-corrected chi connectivity index (χ4v) is 4.84. The number of carbonyl (C=O) groups excluding carboxylic acids is 1. The van der Waals surface area contributed by atoms with Gasteiger partial charge in [-0.25, -0.2) is 0 Å². The standard InChI is InChI=1S/C34H65NO3/c1-3-5-7-9-11-13-15-17-18-19-21-23-25-27-29-33(37)32(31-36)35-34(38)30-28-26-24-22-20-16-14-12-10-8-6-4-2/h19,21,27,29,32-33,36-37H,3-18,20,22-26,28,30-31H2,1-2H3,(H,35,38)/b21-19+,29-27+. The first-order chi connectivity index (χ1) is 18.7. The van der Waals surface area contributed by atoms with E-state index < -0.39 is 12.1 Å². The van der Waals surface area contributed by atoms with Crippen LogP contribution in [0.5, 0.6) is 0 Å². The van der Waals surface area contributed by atoms with Gasteiger partial charge in [0.15, 0.2) is 0 Å². The summed E-state index contributed by atoms with van der Waals surface area (Å²) in [5.74, 6) is -0.0764. The minimum absolute atomic E-state index is 0.0764.